The molecule has 3 aromatic rings. The molecule has 0 saturated heterocycles. The number of nitrogens with zero attached hydrogens (tertiary/aromatic N) is 1. The molecule has 1 aliphatic rings. The zero-order valence-corrected chi connectivity index (χ0v) is 16.4. The molecule has 4 nitrogen and oxygen atoms in total. The molecule has 1 aromatic carbocycles. The van der Waals surface area contributed by atoms with Crippen molar-refractivity contribution in [2.75, 3.05) is 0 Å². The quantitative estimate of drug-likeness (QED) is 0.740. The van der Waals surface area contributed by atoms with Gasteiger partial charge in [-0.3, -0.25) is 4.79 Å². The van der Waals surface area contributed by atoms with Crippen LogP contribution in [0.1, 0.15) is 61.1 Å². The molecule has 5 heteroatoms. The normalized spacial score (nSPS) is 19.3. The van der Waals surface area contributed by atoms with E-state index < -0.39 is 0 Å². The second kappa shape index (κ2) is 6.97. The average molecular weight is 369 g/mol. The Labute approximate surface area is 157 Å². The number of H-pyrrole nitrogens is 1. The molecule has 1 aliphatic carbocycles. The van der Waals surface area contributed by atoms with Gasteiger partial charge >= 0.3 is 0 Å². The summed E-state index contributed by atoms with van der Waals surface area (Å²) in [5.41, 5.74) is 2.56. The number of fused-ring (bicyclic) bond motifs is 3. The Morgan fingerprint density at radius 2 is 2.00 bits per heavy atom. The Hall–Kier alpha value is -1.98. The molecular weight excluding hydrogens is 342 g/mol. The van der Waals surface area contributed by atoms with E-state index in [1.165, 1.54) is 22.4 Å². The van der Waals surface area contributed by atoms with Gasteiger partial charge in [0.05, 0.1) is 5.39 Å². The summed E-state index contributed by atoms with van der Waals surface area (Å²) in [7, 11) is 0. The summed E-state index contributed by atoms with van der Waals surface area (Å²) in [5.74, 6) is 1.48. The first-order chi connectivity index (χ1) is 12.5. The summed E-state index contributed by atoms with van der Waals surface area (Å²) in [6.07, 6.45) is 3.25. The Morgan fingerprint density at radius 1 is 1.23 bits per heavy atom. The Kier molecular flexibility index (Phi) is 4.67. The van der Waals surface area contributed by atoms with E-state index in [1.807, 2.05) is 6.07 Å². The van der Waals surface area contributed by atoms with Crippen molar-refractivity contribution in [3.63, 3.8) is 0 Å². The van der Waals surface area contributed by atoms with E-state index in [2.05, 4.69) is 55.3 Å². The van der Waals surface area contributed by atoms with Gasteiger partial charge in [0.1, 0.15) is 16.9 Å². The van der Waals surface area contributed by atoms with Gasteiger partial charge in [-0.25, -0.2) is 4.98 Å². The molecule has 2 aromatic heterocycles. The fourth-order valence-electron chi connectivity index (χ4n) is 3.97. The molecule has 4 rings (SSSR count). The lowest BCUT2D eigenvalue weighted by atomic mass is 9.89. The molecule has 136 valence electrons. The van der Waals surface area contributed by atoms with E-state index in [4.69, 9.17) is 4.98 Å². The molecule has 3 atom stereocenters. The van der Waals surface area contributed by atoms with Gasteiger partial charge in [0.2, 0.25) is 0 Å². The first-order valence-corrected chi connectivity index (χ1v) is 10.3. The minimum Gasteiger partial charge on any atom is -0.332 e. The molecule has 0 bridgehead atoms. The number of aromatic nitrogens is 2. The summed E-state index contributed by atoms with van der Waals surface area (Å²) in [5, 5.41) is 3.10. The lowest BCUT2D eigenvalue weighted by molar-refractivity contribution is -0.729. The van der Waals surface area contributed by atoms with E-state index in [0.717, 1.165) is 28.9 Å². The second-order valence-electron chi connectivity index (χ2n) is 7.66. The Bertz CT molecular complexity index is 976. The van der Waals surface area contributed by atoms with Crippen LogP contribution in [-0.4, -0.2) is 9.97 Å². The summed E-state index contributed by atoms with van der Waals surface area (Å²) < 4.78 is 0. The lowest BCUT2D eigenvalue weighted by Crippen LogP contribution is -2.85. The van der Waals surface area contributed by atoms with Gasteiger partial charge in [-0.1, -0.05) is 37.3 Å². The van der Waals surface area contributed by atoms with Gasteiger partial charge in [-0.05, 0) is 44.6 Å². The van der Waals surface area contributed by atoms with Crippen LogP contribution < -0.4 is 10.9 Å². The maximum atomic E-state index is 12.8. The van der Waals surface area contributed by atoms with Gasteiger partial charge in [0, 0.05) is 10.4 Å². The molecule has 0 saturated carbocycles. The summed E-state index contributed by atoms with van der Waals surface area (Å²) in [6, 6.07) is 10.8. The summed E-state index contributed by atoms with van der Waals surface area (Å²) in [4.78, 5) is 23.0. The monoisotopic (exact) mass is 368 g/mol. The van der Waals surface area contributed by atoms with Crippen LogP contribution in [0.25, 0.3) is 10.2 Å². The minimum absolute atomic E-state index is 0.0321. The third-order valence-corrected chi connectivity index (χ3v) is 6.67. The molecule has 3 N–H and O–H groups in total. The highest BCUT2D eigenvalue weighted by atomic mass is 32.1. The van der Waals surface area contributed by atoms with Crippen molar-refractivity contribution in [3.05, 3.63) is 62.5 Å². The van der Waals surface area contributed by atoms with Crippen LogP contribution >= 0.6 is 11.3 Å². The zero-order valence-electron chi connectivity index (χ0n) is 15.6. The number of benzene rings is 1. The maximum absolute atomic E-state index is 12.8. The Morgan fingerprint density at radius 3 is 2.77 bits per heavy atom. The molecule has 0 unspecified atom stereocenters. The topological polar surface area (TPSA) is 62.4 Å². The first kappa shape index (κ1) is 17.4. The molecule has 2 heterocycles. The molecule has 0 spiro atoms. The summed E-state index contributed by atoms with van der Waals surface area (Å²) >= 11 is 1.72. The van der Waals surface area contributed by atoms with Crippen molar-refractivity contribution in [2.24, 2.45) is 5.92 Å². The number of aryl methyl sites for hydroxylation is 1. The average Bonchev–Trinajstić information content (AvgIpc) is 3.00. The maximum Gasteiger partial charge on any atom is 0.260 e. The number of hydrogen-bond donors (Lipinski definition) is 2. The molecule has 0 radical (unpaired) electrons. The van der Waals surface area contributed by atoms with Crippen molar-refractivity contribution in [3.8, 4) is 0 Å². The van der Waals surface area contributed by atoms with Crippen molar-refractivity contribution in [2.45, 2.75) is 52.1 Å². The lowest BCUT2D eigenvalue weighted by Gasteiger charge is -2.17. The van der Waals surface area contributed by atoms with Gasteiger partial charge in [0.15, 0.2) is 5.82 Å². The van der Waals surface area contributed by atoms with Crippen LogP contribution in [-0.2, 0) is 12.8 Å². The molecule has 0 fully saturated rings. The zero-order chi connectivity index (χ0) is 18.3. The molecule has 0 aliphatic heterocycles. The smallest absolute Gasteiger partial charge is 0.260 e. The minimum atomic E-state index is 0.0321. The number of thiophene rings is 1. The Balaban J connectivity index is 1.64. The molecule has 0 amide bonds. The SMILES string of the molecule is C[C@@H]1CCc2c(sc3nc([C@@H](C)[NH2+][C@@H](C)c4ccccc4)[nH]c(=O)c23)C1. The fraction of sp³-hybridized carbons (Fsp3) is 0.429. The van der Waals surface area contributed by atoms with Gasteiger partial charge in [0.25, 0.3) is 5.56 Å². The van der Waals surface area contributed by atoms with Crippen molar-refractivity contribution >= 4 is 21.6 Å². The van der Waals surface area contributed by atoms with Crippen LogP contribution in [0.15, 0.2) is 35.1 Å². The highest BCUT2D eigenvalue weighted by Gasteiger charge is 2.24. The van der Waals surface area contributed by atoms with Gasteiger partial charge < -0.3 is 10.3 Å². The third kappa shape index (κ3) is 3.21. The first-order valence-electron chi connectivity index (χ1n) is 9.47. The van der Waals surface area contributed by atoms with Crippen LogP contribution in [0.4, 0.5) is 0 Å². The van der Waals surface area contributed by atoms with Gasteiger partial charge in [-0.2, -0.15) is 0 Å². The standard InChI is InChI=1S/C21H25N3OS/c1-12-9-10-16-17(11-12)26-21-18(16)20(25)23-19(24-21)14(3)22-13(2)15-7-5-4-6-8-15/h4-8,12-14,22H,9-11H2,1-3H3,(H,23,24,25)/p+1/t12-,13+,14-/m1/s1. The van der Waals surface area contributed by atoms with Crippen LogP contribution in [0, 0.1) is 5.92 Å². The largest absolute Gasteiger partial charge is 0.332 e. The van der Waals surface area contributed by atoms with Gasteiger partial charge in [-0.15, -0.1) is 11.3 Å². The highest BCUT2D eigenvalue weighted by molar-refractivity contribution is 7.18. The number of nitrogens with one attached hydrogen (secondary N) is 1. The molecule has 26 heavy (non-hydrogen) atoms. The van der Waals surface area contributed by atoms with E-state index in [0.29, 0.717) is 12.0 Å². The third-order valence-electron chi connectivity index (χ3n) is 5.52. The number of hydrogen-bond acceptors (Lipinski definition) is 3. The van der Waals surface area contributed by atoms with Crippen LogP contribution in [0.2, 0.25) is 0 Å². The highest BCUT2D eigenvalue weighted by Crippen LogP contribution is 2.35. The van der Waals surface area contributed by atoms with E-state index in [1.54, 1.807) is 11.3 Å². The van der Waals surface area contributed by atoms with Crippen molar-refractivity contribution in [1.29, 1.82) is 0 Å². The molecular formula is C21H26N3OS+. The fourth-order valence-corrected chi connectivity index (χ4v) is 5.36. The second-order valence-corrected chi connectivity index (χ2v) is 8.75. The number of aromatic amines is 1. The van der Waals surface area contributed by atoms with Crippen molar-refractivity contribution in [1.82, 2.24) is 9.97 Å². The van der Waals surface area contributed by atoms with Crippen LogP contribution in [0.5, 0.6) is 0 Å². The number of nitrogens with two attached hydrogens (primary N) is 1. The van der Waals surface area contributed by atoms with Crippen molar-refractivity contribution < 1.29 is 5.32 Å². The van der Waals surface area contributed by atoms with Crippen LogP contribution in [0.3, 0.4) is 0 Å². The number of rotatable bonds is 4. The number of quaternary nitrogens is 1. The predicted molar refractivity (Wildman–Crippen MR) is 107 cm³/mol. The predicted octanol–water partition coefficient (Wildman–Crippen LogP) is 3.50. The summed E-state index contributed by atoms with van der Waals surface area (Å²) in [6.45, 7) is 6.59. The van der Waals surface area contributed by atoms with E-state index >= 15 is 0 Å². The van der Waals surface area contributed by atoms with E-state index in [-0.39, 0.29) is 11.6 Å². The van der Waals surface area contributed by atoms with E-state index in [9.17, 15) is 4.79 Å².